The van der Waals surface area contributed by atoms with Crippen LogP contribution in [0, 0.1) is 5.82 Å². The Balaban J connectivity index is 2.37. The first kappa shape index (κ1) is 14.1. The van der Waals surface area contributed by atoms with Gasteiger partial charge in [-0.1, -0.05) is 0 Å². The Morgan fingerprint density at radius 2 is 1.75 bits per heavy atom. The molecule has 0 amide bonds. The van der Waals surface area contributed by atoms with Crippen molar-refractivity contribution in [3.05, 3.63) is 54.1 Å². The van der Waals surface area contributed by atoms with Crippen LogP contribution in [0.1, 0.15) is 11.7 Å². The van der Waals surface area contributed by atoms with Gasteiger partial charge in [0.25, 0.3) is 0 Å². The number of hydrogen-bond acceptors (Lipinski definition) is 3. The van der Waals surface area contributed by atoms with Gasteiger partial charge in [-0.15, -0.1) is 0 Å². The molecule has 0 aliphatic carbocycles. The first-order valence-electron chi connectivity index (χ1n) is 5.56. The minimum atomic E-state index is -4.67. The van der Waals surface area contributed by atoms with Crippen LogP contribution in [-0.2, 0) is 0 Å². The van der Waals surface area contributed by atoms with Gasteiger partial charge in [0, 0.05) is 24.0 Å². The number of nitrogen functional groups attached to an aromatic ring is 1. The molecule has 1 aromatic heterocycles. The number of benzene rings is 1. The topological polar surface area (TPSA) is 48.1 Å². The Hall–Kier alpha value is -2.31. The van der Waals surface area contributed by atoms with Gasteiger partial charge in [0.2, 0.25) is 6.10 Å². The van der Waals surface area contributed by atoms with Crippen molar-refractivity contribution < 1.29 is 22.3 Å². The SMILES string of the molecule is Nc1ccc(F)cc1OC(c1ccncc1)C(F)(F)F. The number of pyridine rings is 1. The van der Waals surface area contributed by atoms with Crippen LogP contribution in [0.2, 0.25) is 0 Å². The second-order valence-corrected chi connectivity index (χ2v) is 4.00. The molecule has 0 aliphatic rings. The van der Waals surface area contributed by atoms with Gasteiger partial charge in [-0.05, 0) is 24.3 Å². The molecule has 106 valence electrons. The number of alkyl halides is 3. The smallest absolute Gasteiger partial charge is 0.429 e. The van der Waals surface area contributed by atoms with Crippen molar-refractivity contribution in [1.82, 2.24) is 4.98 Å². The summed E-state index contributed by atoms with van der Waals surface area (Å²) in [4.78, 5) is 3.64. The molecule has 1 atom stereocenters. The van der Waals surface area contributed by atoms with E-state index < -0.39 is 18.1 Å². The number of hydrogen-bond donors (Lipinski definition) is 1. The van der Waals surface area contributed by atoms with Gasteiger partial charge in [-0.25, -0.2) is 4.39 Å². The van der Waals surface area contributed by atoms with Gasteiger partial charge in [0.05, 0.1) is 5.69 Å². The third kappa shape index (κ3) is 3.17. The van der Waals surface area contributed by atoms with E-state index in [-0.39, 0.29) is 17.0 Å². The highest BCUT2D eigenvalue weighted by Gasteiger charge is 2.43. The van der Waals surface area contributed by atoms with Crippen molar-refractivity contribution in [3.63, 3.8) is 0 Å². The predicted molar refractivity (Wildman–Crippen MR) is 64.5 cm³/mol. The summed E-state index contributed by atoms with van der Waals surface area (Å²) >= 11 is 0. The van der Waals surface area contributed by atoms with Crippen LogP contribution >= 0.6 is 0 Å². The van der Waals surface area contributed by atoms with Crippen molar-refractivity contribution >= 4 is 5.69 Å². The van der Waals surface area contributed by atoms with E-state index in [1.165, 1.54) is 24.5 Å². The lowest BCUT2D eigenvalue weighted by molar-refractivity contribution is -0.197. The summed E-state index contributed by atoms with van der Waals surface area (Å²) in [7, 11) is 0. The molecule has 2 rings (SSSR count). The summed E-state index contributed by atoms with van der Waals surface area (Å²) in [5, 5.41) is 0. The van der Waals surface area contributed by atoms with Crippen LogP contribution in [0.4, 0.5) is 23.2 Å². The molecule has 20 heavy (non-hydrogen) atoms. The van der Waals surface area contributed by atoms with E-state index in [0.717, 1.165) is 18.2 Å². The zero-order valence-corrected chi connectivity index (χ0v) is 10.1. The standard InChI is InChI=1S/C13H10F4N2O/c14-9-1-2-10(18)11(7-9)20-12(13(15,16)17)8-3-5-19-6-4-8/h1-7,12H,18H2. The minimum absolute atomic E-state index is 0.0743. The fourth-order valence-corrected chi connectivity index (χ4v) is 1.60. The maximum absolute atomic E-state index is 13.1. The molecular weight excluding hydrogens is 276 g/mol. The highest BCUT2D eigenvalue weighted by atomic mass is 19.4. The quantitative estimate of drug-likeness (QED) is 0.694. The predicted octanol–water partition coefficient (Wildman–Crippen LogP) is 3.49. The van der Waals surface area contributed by atoms with Crippen molar-refractivity contribution in [3.8, 4) is 5.75 Å². The van der Waals surface area contributed by atoms with Gasteiger partial charge in [0.1, 0.15) is 11.6 Å². The third-order valence-corrected chi connectivity index (χ3v) is 2.53. The average molecular weight is 286 g/mol. The Kier molecular flexibility index (Phi) is 3.78. The number of ether oxygens (including phenoxy) is 1. The van der Waals surface area contributed by atoms with Gasteiger partial charge >= 0.3 is 6.18 Å². The number of aromatic nitrogens is 1. The van der Waals surface area contributed by atoms with Gasteiger partial charge < -0.3 is 10.5 Å². The van der Waals surface area contributed by atoms with Crippen molar-refractivity contribution in [2.24, 2.45) is 0 Å². The van der Waals surface area contributed by atoms with Gasteiger partial charge in [0.15, 0.2) is 0 Å². The Bertz CT molecular complexity index is 587. The van der Waals surface area contributed by atoms with E-state index in [0.29, 0.717) is 0 Å². The molecule has 3 nitrogen and oxygen atoms in total. The van der Waals surface area contributed by atoms with Crippen LogP contribution in [0.3, 0.4) is 0 Å². The fraction of sp³-hybridized carbons (Fsp3) is 0.154. The van der Waals surface area contributed by atoms with E-state index >= 15 is 0 Å². The van der Waals surface area contributed by atoms with Crippen molar-refractivity contribution in [2.45, 2.75) is 12.3 Å². The summed E-state index contributed by atoms with van der Waals surface area (Å²) in [6.07, 6.45) is -4.48. The Morgan fingerprint density at radius 1 is 1.10 bits per heavy atom. The highest BCUT2D eigenvalue weighted by Crippen LogP contribution is 2.38. The summed E-state index contributed by atoms with van der Waals surface area (Å²) in [6.45, 7) is 0. The van der Waals surface area contributed by atoms with E-state index in [4.69, 9.17) is 10.5 Å². The molecule has 0 spiro atoms. The largest absolute Gasteiger partial charge is 0.474 e. The molecule has 7 heteroatoms. The molecule has 0 saturated heterocycles. The minimum Gasteiger partial charge on any atom is -0.474 e. The number of rotatable bonds is 3. The van der Waals surface area contributed by atoms with Gasteiger partial charge in [-0.2, -0.15) is 13.2 Å². The fourth-order valence-electron chi connectivity index (χ4n) is 1.60. The molecule has 0 fully saturated rings. The lowest BCUT2D eigenvalue weighted by atomic mass is 10.1. The summed E-state index contributed by atoms with van der Waals surface area (Å²) in [6, 6.07) is 5.35. The van der Waals surface area contributed by atoms with Crippen LogP contribution in [-0.4, -0.2) is 11.2 Å². The second kappa shape index (κ2) is 5.36. The van der Waals surface area contributed by atoms with Crippen LogP contribution in [0.25, 0.3) is 0 Å². The van der Waals surface area contributed by atoms with Crippen LogP contribution in [0.15, 0.2) is 42.7 Å². The zero-order chi connectivity index (χ0) is 14.8. The number of nitrogens with zero attached hydrogens (tertiary/aromatic N) is 1. The lowest BCUT2D eigenvalue weighted by Gasteiger charge is -2.22. The van der Waals surface area contributed by atoms with E-state index in [2.05, 4.69) is 4.98 Å². The molecule has 0 bridgehead atoms. The zero-order valence-electron chi connectivity index (χ0n) is 10.1. The molecule has 0 radical (unpaired) electrons. The molecule has 0 aliphatic heterocycles. The van der Waals surface area contributed by atoms with E-state index in [9.17, 15) is 17.6 Å². The molecule has 2 N–H and O–H groups in total. The molecule has 0 saturated carbocycles. The van der Waals surface area contributed by atoms with E-state index in [1.807, 2.05) is 0 Å². The maximum Gasteiger partial charge on any atom is 0.429 e. The Labute approximate surface area is 112 Å². The highest BCUT2D eigenvalue weighted by molar-refractivity contribution is 5.52. The summed E-state index contributed by atoms with van der Waals surface area (Å²) < 4.78 is 57.1. The second-order valence-electron chi connectivity index (χ2n) is 4.00. The molecular formula is C13H10F4N2O. The summed E-state index contributed by atoms with van der Waals surface area (Å²) in [5.74, 6) is -1.09. The van der Waals surface area contributed by atoms with Crippen LogP contribution in [0.5, 0.6) is 5.75 Å². The monoisotopic (exact) mass is 286 g/mol. The average Bonchev–Trinajstić information content (AvgIpc) is 2.39. The summed E-state index contributed by atoms with van der Waals surface area (Å²) in [5.41, 5.74) is 5.27. The first-order chi connectivity index (χ1) is 9.38. The molecule has 1 unspecified atom stereocenters. The number of halogens is 4. The van der Waals surface area contributed by atoms with Gasteiger partial charge in [-0.3, -0.25) is 4.98 Å². The van der Waals surface area contributed by atoms with Crippen molar-refractivity contribution in [1.29, 1.82) is 0 Å². The van der Waals surface area contributed by atoms with Crippen molar-refractivity contribution in [2.75, 3.05) is 5.73 Å². The maximum atomic E-state index is 13.1. The number of nitrogens with two attached hydrogens (primary N) is 1. The Morgan fingerprint density at radius 3 is 2.35 bits per heavy atom. The molecule has 1 heterocycles. The third-order valence-electron chi connectivity index (χ3n) is 2.53. The van der Waals surface area contributed by atoms with E-state index in [1.54, 1.807) is 0 Å². The van der Waals surface area contributed by atoms with Crippen LogP contribution < -0.4 is 10.5 Å². The lowest BCUT2D eigenvalue weighted by Crippen LogP contribution is -2.26. The normalized spacial score (nSPS) is 13.0. The molecule has 1 aromatic carbocycles. The number of anilines is 1. The first-order valence-corrected chi connectivity index (χ1v) is 5.56. The molecule has 2 aromatic rings.